The minimum Gasteiger partial charge on any atom is -0.346 e. The Morgan fingerprint density at radius 2 is 2.03 bits per heavy atom. The van der Waals surface area contributed by atoms with Gasteiger partial charge in [0, 0.05) is 34.6 Å². The maximum Gasteiger partial charge on any atom is 0.243 e. The van der Waals surface area contributed by atoms with Gasteiger partial charge in [0.25, 0.3) is 0 Å². The molecule has 3 aliphatic heterocycles. The second-order valence-corrected chi connectivity index (χ2v) is 8.16. The summed E-state index contributed by atoms with van der Waals surface area (Å²) in [6, 6.07) is 13.8. The van der Waals surface area contributed by atoms with Crippen LogP contribution < -0.4 is 16.0 Å². The Kier molecular flexibility index (Phi) is 4.82. The molecule has 0 bridgehead atoms. The molecule has 2 aromatic rings. The van der Waals surface area contributed by atoms with Gasteiger partial charge in [-0.3, -0.25) is 9.59 Å². The first-order chi connectivity index (χ1) is 15.0. The van der Waals surface area contributed by atoms with Crippen LogP contribution in [0.2, 0.25) is 0 Å². The summed E-state index contributed by atoms with van der Waals surface area (Å²) >= 11 is 0. The Morgan fingerprint density at radius 1 is 1.19 bits per heavy atom. The molecule has 0 unspecified atom stereocenters. The molecule has 2 amide bonds. The molecule has 3 heterocycles. The number of hydrogen-bond donors (Lipinski definition) is 3. The highest BCUT2D eigenvalue weighted by atomic mass is 16.2. The van der Waals surface area contributed by atoms with Crippen molar-refractivity contribution in [3.63, 3.8) is 0 Å². The van der Waals surface area contributed by atoms with Gasteiger partial charge in [0.05, 0.1) is 18.1 Å². The van der Waals surface area contributed by atoms with Crippen LogP contribution in [0.3, 0.4) is 0 Å². The van der Waals surface area contributed by atoms with E-state index in [1.165, 1.54) is 10.9 Å². The smallest absolute Gasteiger partial charge is 0.243 e. The van der Waals surface area contributed by atoms with E-state index in [1.807, 2.05) is 37.4 Å². The van der Waals surface area contributed by atoms with E-state index >= 15 is 0 Å². The first-order valence-corrected chi connectivity index (χ1v) is 10.6. The minimum absolute atomic E-state index is 0.0479. The maximum absolute atomic E-state index is 12.4. The number of nitrogens with zero attached hydrogens (tertiary/aromatic N) is 2. The molecule has 7 nitrogen and oxygen atoms in total. The average Bonchev–Trinajstić information content (AvgIpc) is 3.44. The van der Waals surface area contributed by atoms with Crippen molar-refractivity contribution in [2.45, 2.75) is 25.8 Å². The number of nitrogens with one attached hydrogen (secondary N) is 3. The van der Waals surface area contributed by atoms with E-state index in [0.29, 0.717) is 5.69 Å². The number of benzene rings is 2. The molecule has 0 aromatic heterocycles. The molecule has 31 heavy (non-hydrogen) atoms. The van der Waals surface area contributed by atoms with Crippen LogP contribution in [0, 0.1) is 6.92 Å². The second-order valence-electron chi connectivity index (χ2n) is 8.16. The normalized spacial score (nSPS) is 16.3. The van der Waals surface area contributed by atoms with Crippen molar-refractivity contribution in [1.29, 1.82) is 0 Å². The molecular weight excluding hydrogens is 390 g/mol. The summed E-state index contributed by atoms with van der Waals surface area (Å²) in [6.45, 7) is 2.91. The molecule has 1 saturated heterocycles. The zero-order chi connectivity index (χ0) is 21.5. The van der Waals surface area contributed by atoms with Crippen LogP contribution in [-0.2, 0) is 16.6 Å². The van der Waals surface area contributed by atoms with Gasteiger partial charge in [0.1, 0.15) is 5.82 Å². The summed E-state index contributed by atoms with van der Waals surface area (Å²) in [5.74, 6) is 0.553. The van der Waals surface area contributed by atoms with Crippen molar-refractivity contribution in [1.82, 2.24) is 20.2 Å². The maximum atomic E-state index is 12.4. The molecular formula is C24H25N5O2. The zero-order valence-corrected chi connectivity index (χ0v) is 17.7. The summed E-state index contributed by atoms with van der Waals surface area (Å²) in [4.78, 5) is 29.3. The largest absolute Gasteiger partial charge is 0.346 e. The number of amides is 2. The molecule has 1 fully saturated rings. The molecule has 3 N–H and O–H groups in total. The van der Waals surface area contributed by atoms with Gasteiger partial charge in [0.15, 0.2) is 0 Å². The van der Waals surface area contributed by atoms with Crippen molar-refractivity contribution in [3.05, 3.63) is 48.0 Å². The number of hydrogen-bond acceptors (Lipinski definition) is 4. The topological polar surface area (TPSA) is 88.1 Å². The van der Waals surface area contributed by atoms with Crippen molar-refractivity contribution in [3.8, 4) is 11.4 Å². The second kappa shape index (κ2) is 7.67. The van der Waals surface area contributed by atoms with Gasteiger partial charge in [-0.1, -0.05) is 18.2 Å². The molecule has 0 aliphatic carbocycles. The van der Waals surface area contributed by atoms with Crippen LogP contribution >= 0.6 is 0 Å². The molecule has 5 rings (SSSR count). The van der Waals surface area contributed by atoms with Crippen molar-refractivity contribution >= 4 is 39.3 Å². The van der Waals surface area contributed by atoms with E-state index in [0.717, 1.165) is 47.2 Å². The quantitative estimate of drug-likeness (QED) is 0.478. The zero-order valence-electron chi connectivity index (χ0n) is 17.7. The lowest BCUT2D eigenvalue weighted by Gasteiger charge is -2.15. The molecule has 7 heteroatoms. The first kappa shape index (κ1) is 19.5. The molecule has 2 aromatic carbocycles. The van der Waals surface area contributed by atoms with Crippen molar-refractivity contribution < 1.29 is 9.59 Å². The highest BCUT2D eigenvalue weighted by Gasteiger charge is 2.23. The number of para-hydroxylation sites is 1. The summed E-state index contributed by atoms with van der Waals surface area (Å²) in [6.07, 6.45) is 1.80. The van der Waals surface area contributed by atoms with Crippen LogP contribution in [0.1, 0.15) is 18.4 Å². The predicted octanol–water partition coefficient (Wildman–Crippen LogP) is 2.95. The summed E-state index contributed by atoms with van der Waals surface area (Å²) in [5.41, 5.74) is 4.98. The lowest BCUT2D eigenvalue weighted by atomic mass is 10.00. The third-order valence-electron chi connectivity index (χ3n) is 6.16. The lowest BCUT2D eigenvalue weighted by Crippen LogP contribution is -2.43. The number of rotatable bonds is 4. The Labute approximate surface area is 180 Å². The van der Waals surface area contributed by atoms with Crippen LogP contribution in [0.5, 0.6) is 0 Å². The van der Waals surface area contributed by atoms with Crippen LogP contribution in [0.25, 0.3) is 33.2 Å². The van der Waals surface area contributed by atoms with Crippen LogP contribution in [0.4, 0.5) is 5.69 Å². The fourth-order valence-corrected chi connectivity index (χ4v) is 4.55. The molecule has 0 spiro atoms. The van der Waals surface area contributed by atoms with Gasteiger partial charge in [-0.05, 0) is 56.1 Å². The Bertz CT molecular complexity index is 1290. The van der Waals surface area contributed by atoms with E-state index in [1.54, 1.807) is 0 Å². The predicted molar refractivity (Wildman–Crippen MR) is 122 cm³/mol. The number of anilines is 1. The number of pyridine rings is 1. The Balaban J connectivity index is 1.42. The van der Waals surface area contributed by atoms with E-state index in [9.17, 15) is 9.59 Å². The van der Waals surface area contributed by atoms with E-state index in [4.69, 9.17) is 4.98 Å². The third-order valence-corrected chi connectivity index (χ3v) is 6.16. The molecule has 3 aliphatic rings. The molecule has 1 atom stereocenters. The van der Waals surface area contributed by atoms with Gasteiger partial charge in [-0.25, -0.2) is 4.98 Å². The van der Waals surface area contributed by atoms with Gasteiger partial charge in [0.2, 0.25) is 11.8 Å². The highest BCUT2D eigenvalue weighted by molar-refractivity contribution is 6.06. The monoisotopic (exact) mass is 415 g/mol. The van der Waals surface area contributed by atoms with Gasteiger partial charge >= 0.3 is 0 Å². The lowest BCUT2D eigenvalue weighted by molar-refractivity contribution is -0.125. The van der Waals surface area contributed by atoms with E-state index < -0.39 is 0 Å². The number of aromatic nitrogens is 2. The number of aryl methyl sites for hydroxylation is 2. The first-order valence-electron chi connectivity index (χ1n) is 10.6. The molecule has 158 valence electrons. The molecule has 0 saturated carbocycles. The Morgan fingerprint density at radius 3 is 2.84 bits per heavy atom. The van der Waals surface area contributed by atoms with Crippen LogP contribution in [-0.4, -0.2) is 40.5 Å². The standard InChI is InChI=1S/C24H25N5O2/c1-14-16-6-3-4-8-20(16)29(2)23-22(14)17-12-15(9-10-18(17)28-23)27-21(30)13-26-24(31)19-7-5-11-25-19/h3-4,6,8-10,12,19,25H,5,7,11,13H2,1-2H3,(H,26,31)(H,27,30)/t19-/m0/s1. The summed E-state index contributed by atoms with van der Waals surface area (Å²) in [5, 5.41) is 10.9. The SMILES string of the molecule is Cc1c2c3cc(NC(=O)CNC(=O)[C@@H]4CCCN4)ccc3nc-2n(C)c2ccccc12. The fourth-order valence-electron chi connectivity index (χ4n) is 4.55. The van der Waals surface area contributed by atoms with E-state index in [-0.39, 0.29) is 24.4 Å². The number of carbonyl (C=O) groups excluding carboxylic acids is 2. The average molecular weight is 415 g/mol. The van der Waals surface area contributed by atoms with Gasteiger partial charge in [-0.15, -0.1) is 0 Å². The minimum atomic E-state index is -0.248. The highest BCUT2D eigenvalue weighted by Crippen LogP contribution is 2.38. The summed E-state index contributed by atoms with van der Waals surface area (Å²) in [7, 11) is 2.03. The van der Waals surface area contributed by atoms with Gasteiger partial charge in [-0.2, -0.15) is 0 Å². The number of carbonyl (C=O) groups is 2. The third kappa shape index (κ3) is 3.41. The van der Waals surface area contributed by atoms with Crippen molar-refractivity contribution in [2.24, 2.45) is 7.05 Å². The van der Waals surface area contributed by atoms with Crippen LogP contribution in [0.15, 0.2) is 42.5 Å². The fraction of sp³-hybridized carbons (Fsp3) is 0.292. The van der Waals surface area contributed by atoms with Crippen molar-refractivity contribution in [2.75, 3.05) is 18.4 Å². The van der Waals surface area contributed by atoms with Gasteiger partial charge < -0.3 is 20.5 Å². The summed E-state index contributed by atoms with van der Waals surface area (Å²) < 4.78 is 2.11. The van der Waals surface area contributed by atoms with E-state index in [2.05, 4.69) is 39.6 Å². The number of fused-ring (bicyclic) bond motifs is 4. The Hall–Kier alpha value is -3.45. The molecule has 0 radical (unpaired) electrons.